The number of nitrogens with zero attached hydrogens (tertiary/aromatic N) is 2. The highest BCUT2D eigenvalue weighted by Crippen LogP contribution is 2.26. The van der Waals surface area contributed by atoms with Gasteiger partial charge in [0.2, 0.25) is 11.8 Å². The zero-order chi connectivity index (χ0) is 14.2. The smallest absolute Gasteiger partial charge is 0.228 e. The van der Waals surface area contributed by atoms with Gasteiger partial charge in [-0.15, -0.1) is 0 Å². The van der Waals surface area contributed by atoms with Crippen LogP contribution in [0.4, 0.5) is 0 Å². The van der Waals surface area contributed by atoms with Crippen molar-refractivity contribution in [3.8, 4) is 0 Å². The fourth-order valence-corrected chi connectivity index (χ4v) is 2.84. The number of hydrogen-bond donors (Lipinski definition) is 2. The van der Waals surface area contributed by atoms with Gasteiger partial charge in [-0.1, -0.05) is 6.92 Å². The SMILES string of the molecule is C[C@@H](O)[C@H]1C(=O)N[C@@H]1[C@@H](C)C(=O)N1CCN(C)CC1. The van der Waals surface area contributed by atoms with Crippen LogP contribution in [0.2, 0.25) is 0 Å². The minimum Gasteiger partial charge on any atom is -0.393 e. The van der Waals surface area contributed by atoms with E-state index in [9.17, 15) is 14.7 Å². The summed E-state index contributed by atoms with van der Waals surface area (Å²) in [6.45, 7) is 6.67. The molecule has 4 atom stereocenters. The molecule has 2 aliphatic heterocycles. The quantitative estimate of drug-likeness (QED) is 0.637. The molecule has 19 heavy (non-hydrogen) atoms. The van der Waals surface area contributed by atoms with Crippen molar-refractivity contribution in [1.82, 2.24) is 15.1 Å². The summed E-state index contributed by atoms with van der Waals surface area (Å²) in [5.41, 5.74) is 0. The Morgan fingerprint density at radius 3 is 2.37 bits per heavy atom. The van der Waals surface area contributed by atoms with E-state index in [-0.39, 0.29) is 23.8 Å². The van der Waals surface area contributed by atoms with E-state index in [2.05, 4.69) is 10.2 Å². The molecule has 0 radical (unpaired) electrons. The second-order valence-corrected chi connectivity index (χ2v) is 5.72. The van der Waals surface area contributed by atoms with Gasteiger partial charge in [-0.3, -0.25) is 9.59 Å². The highest BCUT2D eigenvalue weighted by molar-refractivity contribution is 5.90. The molecule has 2 amide bonds. The summed E-state index contributed by atoms with van der Waals surface area (Å²) in [5, 5.41) is 12.3. The summed E-state index contributed by atoms with van der Waals surface area (Å²) in [7, 11) is 2.04. The van der Waals surface area contributed by atoms with Gasteiger partial charge in [0.25, 0.3) is 0 Å². The first kappa shape index (κ1) is 14.3. The maximum Gasteiger partial charge on any atom is 0.228 e. The zero-order valence-electron chi connectivity index (χ0n) is 11.8. The molecule has 0 bridgehead atoms. The predicted octanol–water partition coefficient (Wildman–Crippen LogP) is -1.11. The van der Waals surface area contributed by atoms with E-state index in [0.717, 1.165) is 26.2 Å². The number of rotatable bonds is 3. The molecule has 2 saturated heterocycles. The fraction of sp³-hybridized carbons (Fsp3) is 0.846. The van der Waals surface area contributed by atoms with Gasteiger partial charge >= 0.3 is 0 Å². The lowest BCUT2D eigenvalue weighted by Crippen LogP contribution is -2.66. The highest BCUT2D eigenvalue weighted by Gasteiger charge is 2.47. The third kappa shape index (κ3) is 2.74. The van der Waals surface area contributed by atoms with Crippen molar-refractivity contribution < 1.29 is 14.7 Å². The number of likely N-dealkylation sites (N-methyl/N-ethyl adjacent to an activating group) is 1. The number of hydrogen-bond acceptors (Lipinski definition) is 4. The summed E-state index contributed by atoms with van der Waals surface area (Å²) in [6.07, 6.45) is -0.707. The monoisotopic (exact) mass is 269 g/mol. The van der Waals surface area contributed by atoms with Crippen LogP contribution in [-0.4, -0.2) is 72.1 Å². The Morgan fingerprint density at radius 2 is 1.89 bits per heavy atom. The molecule has 2 N–H and O–H groups in total. The summed E-state index contributed by atoms with van der Waals surface area (Å²) >= 11 is 0. The molecule has 2 heterocycles. The standard InChI is InChI=1S/C13H23N3O3/c1-8(11-10(9(2)17)12(18)14-11)13(19)16-6-4-15(3)5-7-16/h8-11,17H,4-7H2,1-3H3,(H,14,18)/t8-,9-,10-,11-/m1/s1. The number of piperazine rings is 1. The van der Waals surface area contributed by atoms with E-state index in [1.807, 2.05) is 18.9 Å². The number of nitrogens with one attached hydrogen (secondary N) is 1. The molecule has 0 aromatic heterocycles. The summed E-state index contributed by atoms with van der Waals surface area (Å²) in [5.74, 6) is -0.811. The maximum absolute atomic E-state index is 12.4. The molecule has 0 unspecified atom stereocenters. The van der Waals surface area contributed by atoms with Gasteiger partial charge in [-0.25, -0.2) is 0 Å². The van der Waals surface area contributed by atoms with E-state index in [1.165, 1.54) is 0 Å². The van der Waals surface area contributed by atoms with Crippen LogP contribution in [0.15, 0.2) is 0 Å². The first-order chi connectivity index (χ1) is 8.91. The molecule has 6 heteroatoms. The Hall–Kier alpha value is -1.14. The lowest BCUT2D eigenvalue weighted by Gasteiger charge is -2.43. The third-order valence-electron chi connectivity index (χ3n) is 4.26. The van der Waals surface area contributed by atoms with Crippen LogP contribution in [0.3, 0.4) is 0 Å². The summed E-state index contributed by atoms with van der Waals surface area (Å²) < 4.78 is 0. The Morgan fingerprint density at radius 1 is 1.32 bits per heavy atom. The first-order valence-electron chi connectivity index (χ1n) is 6.87. The second-order valence-electron chi connectivity index (χ2n) is 5.72. The fourth-order valence-electron chi connectivity index (χ4n) is 2.84. The van der Waals surface area contributed by atoms with Gasteiger partial charge in [0, 0.05) is 26.2 Å². The first-order valence-corrected chi connectivity index (χ1v) is 6.87. The minimum atomic E-state index is -0.707. The lowest BCUT2D eigenvalue weighted by molar-refractivity contribution is -0.149. The van der Waals surface area contributed by atoms with Crippen molar-refractivity contribution in [2.45, 2.75) is 26.0 Å². The van der Waals surface area contributed by atoms with Crippen molar-refractivity contribution in [2.24, 2.45) is 11.8 Å². The summed E-state index contributed by atoms with van der Waals surface area (Å²) in [4.78, 5) is 27.9. The van der Waals surface area contributed by atoms with Gasteiger partial charge in [0.15, 0.2) is 0 Å². The third-order valence-corrected chi connectivity index (χ3v) is 4.26. The number of aliphatic hydroxyl groups is 1. The van der Waals surface area contributed by atoms with E-state index >= 15 is 0 Å². The Labute approximate surface area is 113 Å². The molecule has 0 aromatic rings. The van der Waals surface area contributed by atoms with Gasteiger partial charge in [0.1, 0.15) is 0 Å². The van der Waals surface area contributed by atoms with Crippen molar-refractivity contribution in [3.63, 3.8) is 0 Å². The Kier molecular flexibility index (Phi) is 4.10. The topological polar surface area (TPSA) is 72.9 Å². The molecule has 2 fully saturated rings. The number of β-lactam (4-membered cyclic amide) rings is 1. The Bertz CT molecular complexity index is 364. The lowest BCUT2D eigenvalue weighted by atomic mass is 9.78. The molecule has 0 aromatic carbocycles. The average molecular weight is 269 g/mol. The van der Waals surface area contributed by atoms with Crippen molar-refractivity contribution in [3.05, 3.63) is 0 Å². The van der Waals surface area contributed by atoms with Crippen LogP contribution < -0.4 is 5.32 Å². The second kappa shape index (κ2) is 5.46. The van der Waals surface area contributed by atoms with E-state index in [4.69, 9.17) is 0 Å². The molecule has 0 saturated carbocycles. The van der Waals surface area contributed by atoms with Crippen LogP contribution in [-0.2, 0) is 9.59 Å². The van der Waals surface area contributed by atoms with E-state index in [0.29, 0.717) is 0 Å². The number of carbonyl (C=O) groups excluding carboxylic acids is 2. The van der Waals surface area contributed by atoms with Crippen LogP contribution in [0.25, 0.3) is 0 Å². The van der Waals surface area contributed by atoms with E-state index < -0.39 is 12.0 Å². The molecular weight excluding hydrogens is 246 g/mol. The minimum absolute atomic E-state index is 0.0729. The molecular formula is C13H23N3O3. The normalized spacial score (nSPS) is 31.4. The van der Waals surface area contributed by atoms with Crippen LogP contribution >= 0.6 is 0 Å². The Balaban J connectivity index is 1.94. The maximum atomic E-state index is 12.4. The van der Waals surface area contributed by atoms with Crippen molar-refractivity contribution in [1.29, 1.82) is 0 Å². The van der Waals surface area contributed by atoms with Crippen LogP contribution in [0, 0.1) is 11.8 Å². The zero-order valence-corrected chi connectivity index (χ0v) is 11.8. The molecule has 0 spiro atoms. The van der Waals surface area contributed by atoms with Crippen molar-refractivity contribution in [2.75, 3.05) is 33.2 Å². The number of amides is 2. The van der Waals surface area contributed by atoms with Gasteiger partial charge < -0.3 is 20.2 Å². The average Bonchev–Trinajstić information content (AvgIpc) is 2.34. The number of carbonyl (C=O) groups is 2. The van der Waals surface area contributed by atoms with Crippen molar-refractivity contribution >= 4 is 11.8 Å². The van der Waals surface area contributed by atoms with Crippen LogP contribution in [0.5, 0.6) is 0 Å². The number of aliphatic hydroxyl groups excluding tert-OH is 1. The van der Waals surface area contributed by atoms with Gasteiger partial charge in [0.05, 0.1) is 24.0 Å². The largest absolute Gasteiger partial charge is 0.393 e. The molecule has 0 aliphatic carbocycles. The molecule has 2 aliphatic rings. The molecule has 2 rings (SSSR count). The predicted molar refractivity (Wildman–Crippen MR) is 70.3 cm³/mol. The summed E-state index contributed by atoms with van der Waals surface area (Å²) in [6, 6.07) is -0.236. The molecule has 108 valence electrons. The van der Waals surface area contributed by atoms with Crippen LogP contribution in [0.1, 0.15) is 13.8 Å². The van der Waals surface area contributed by atoms with Gasteiger partial charge in [-0.05, 0) is 14.0 Å². The highest BCUT2D eigenvalue weighted by atomic mass is 16.3. The van der Waals surface area contributed by atoms with E-state index in [1.54, 1.807) is 6.92 Å². The molecule has 6 nitrogen and oxygen atoms in total. The van der Waals surface area contributed by atoms with Gasteiger partial charge in [-0.2, -0.15) is 0 Å².